The van der Waals surface area contributed by atoms with Gasteiger partial charge in [-0.25, -0.2) is 4.79 Å². The first-order chi connectivity index (χ1) is 9.99. The number of hydrogen-bond acceptors (Lipinski definition) is 3. The topological polar surface area (TPSA) is 70.1 Å². The van der Waals surface area contributed by atoms with Gasteiger partial charge in [0.15, 0.2) is 0 Å². The number of methoxy groups -OCH3 is 1. The zero-order valence-electron chi connectivity index (χ0n) is 13.4. The molecular formula is C15H28N2O4. The van der Waals surface area contributed by atoms with Gasteiger partial charge in [0.05, 0.1) is 6.61 Å². The number of carbonyl (C=O) groups excluding carboxylic acids is 1. The first-order valence-corrected chi connectivity index (χ1v) is 7.74. The quantitative estimate of drug-likeness (QED) is 0.779. The van der Waals surface area contributed by atoms with E-state index in [0.29, 0.717) is 26.2 Å². The smallest absolute Gasteiger partial charge is 0.320 e. The summed E-state index contributed by atoms with van der Waals surface area (Å²) in [4.78, 5) is 27.0. The number of rotatable bonds is 7. The van der Waals surface area contributed by atoms with Gasteiger partial charge in [0.1, 0.15) is 0 Å². The van der Waals surface area contributed by atoms with E-state index >= 15 is 0 Å². The summed E-state index contributed by atoms with van der Waals surface area (Å²) in [5.74, 6) is -0.381. The van der Waals surface area contributed by atoms with Crippen molar-refractivity contribution < 1.29 is 19.4 Å². The third-order valence-corrected chi connectivity index (χ3v) is 4.25. The Hall–Kier alpha value is -1.30. The molecule has 1 N–H and O–H groups in total. The number of likely N-dealkylation sites (N-methyl/N-ethyl adjacent to an activating group) is 1. The van der Waals surface area contributed by atoms with Crippen molar-refractivity contribution >= 4 is 12.0 Å². The van der Waals surface area contributed by atoms with Gasteiger partial charge in [-0.1, -0.05) is 6.92 Å². The van der Waals surface area contributed by atoms with Gasteiger partial charge in [-0.3, -0.25) is 4.79 Å². The lowest BCUT2D eigenvalue weighted by atomic mass is 9.85. The fourth-order valence-electron chi connectivity index (χ4n) is 2.88. The fourth-order valence-corrected chi connectivity index (χ4v) is 2.88. The van der Waals surface area contributed by atoms with E-state index in [0.717, 1.165) is 19.4 Å². The van der Waals surface area contributed by atoms with E-state index in [1.165, 1.54) is 0 Å². The van der Waals surface area contributed by atoms with Crippen molar-refractivity contribution in [3.8, 4) is 0 Å². The van der Waals surface area contributed by atoms with Crippen molar-refractivity contribution in [2.45, 2.75) is 33.1 Å². The Kier molecular flexibility index (Phi) is 7.50. The highest BCUT2D eigenvalue weighted by Crippen LogP contribution is 2.26. The van der Waals surface area contributed by atoms with E-state index in [9.17, 15) is 9.59 Å². The number of ether oxygens (including phenoxy) is 1. The molecule has 6 heteroatoms. The molecule has 0 saturated carbocycles. The zero-order valence-corrected chi connectivity index (χ0v) is 13.4. The molecule has 1 rings (SSSR count). The largest absolute Gasteiger partial charge is 0.481 e. The van der Waals surface area contributed by atoms with Crippen LogP contribution in [0.5, 0.6) is 0 Å². The summed E-state index contributed by atoms with van der Waals surface area (Å²) in [6, 6.07) is 0.0433. The fraction of sp³-hybridized carbons (Fsp3) is 0.867. The van der Waals surface area contributed by atoms with E-state index in [2.05, 4.69) is 0 Å². The maximum absolute atomic E-state index is 12.5. The second-order valence-corrected chi connectivity index (χ2v) is 5.78. The third-order valence-electron chi connectivity index (χ3n) is 4.25. The summed E-state index contributed by atoms with van der Waals surface area (Å²) < 4.78 is 5.04. The van der Waals surface area contributed by atoms with Crippen LogP contribution in [0.15, 0.2) is 0 Å². The molecule has 0 aliphatic carbocycles. The van der Waals surface area contributed by atoms with Gasteiger partial charge in [0.25, 0.3) is 0 Å². The molecule has 2 amide bonds. The van der Waals surface area contributed by atoms with Crippen molar-refractivity contribution in [1.29, 1.82) is 0 Å². The maximum Gasteiger partial charge on any atom is 0.320 e. The van der Waals surface area contributed by atoms with E-state index in [-0.39, 0.29) is 24.3 Å². The summed E-state index contributed by atoms with van der Waals surface area (Å²) >= 11 is 0. The van der Waals surface area contributed by atoms with Crippen LogP contribution < -0.4 is 0 Å². The number of piperidine rings is 1. The molecule has 0 aromatic carbocycles. The molecule has 122 valence electrons. The molecule has 1 fully saturated rings. The second-order valence-electron chi connectivity index (χ2n) is 5.78. The SMILES string of the molecule is CCN(CCOC)C(=O)N1CCCC(C(C)CC(=O)O)C1. The van der Waals surface area contributed by atoms with Crippen molar-refractivity contribution in [3.63, 3.8) is 0 Å². The van der Waals surface area contributed by atoms with Crippen molar-refractivity contribution in [3.05, 3.63) is 0 Å². The minimum Gasteiger partial charge on any atom is -0.481 e. The van der Waals surface area contributed by atoms with E-state index < -0.39 is 5.97 Å². The van der Waals surface area contributed by atoms with Crippen LogP contribution in [-0.2, 0) is 9.53 Å². The number of amides is 2. The van der Waals surface area contributed by atoms with E-state index in [1.807, 2.05) is 18.7 Å². The first-order valence-electron chi connectivity index (χ1n) is 7.74. The van der Waals surface area contributed by atoms with Crippen LogP contribution in [0, 0.1) is 11.8 Å². The number of aliphatic carboxylic acids is 1. The Labute approximate surface area is 127 Å². The average molecular weight is 300 g/mol. The monoisotopic (exact) mass is 300 g/mol. The lowest BCUT2D eigenvalue weighted by Gasteiger charge is -2.38. The van der Waals surface area contributed by atoms with Gasteiger partial charge in [-0.2, -0.15) is 0 Å². The van der Waals surface area contributed by atoms with Gasteiger partial charge in [-0.15, -0.1) is 0 Å². The van der Waals surface area contributed by atoms with Crippen molar-refractivity contribution in [2.24, 2.45) is 11.8 Å². The molecule has 0 spiro atoms. The Morgan fingerprint density at radius 1 is 1.48 bits per heavy atom. The van der Waals surface area contributed by atoms with Crippen molar-refractivity contribution in [2.75, 3.05) is 39.9 Å². The molecule has 0 bridgehead atoms. The Morgan fingerprint density at radius 2 is 2.19 bits per heavy atom. The molecule has 2 atom stereocenters. The lowest BCUT2D eigenvalue weighted by Crippen LogP contribution is -2.49. The summed E-state index contributed by atoms with van der Waals surface area (Å²) in [5.41, 5.74) is 0. The number of carboxylic acids is 1. The molecule has 0 radical (unpaired) electrons. The predicted molar refractivity (Wildman–Crippen MR) is 80.2 cm³/mol. The molecule has 0 aromatic heterocycles. The molecule has 2 unspecified atom stereocenters. The highest BCUT2D eigenvalue weighted by Gasteiger charge is 2.30. The number of hydrogen-bond donors (Lipinski definition) is 1. The number of nitrogens with zero attached hydrogens (tertiary/aromatic N) is 2. The van der Waals surface area contributed by atoms with E-state index in [1.54, 1.807) is 12.0 Å². The first kappa shape index (κ1) is 17.8. The minimum atomic E-state index is -0.763. The van der Waals surface area contributed by atoms with Gasteiger partial charge in [0, 0.05) is 39.7 Å². The summed E-state index contributed by atoms with van der Waals surface area (Å²) in [6.45, 7) is 7.14. The molecule has 1 saturated heterocycles. The van der Waals surface area contributed by atoms with Crippen LogP contribution in [-0.4, -0.2) is 66.8 Å². The summed E-state index contributed by atoms with van der Waals surface area (Å²) in [6.07, 6.45) is 2.12. The maximum atomic E-state index is 12.5. The van der Waals surface area contributed by atoms with Crippen LogP contribution in [0.2, 0.25) is 0 Å². The highest BCUT2D eigenvalue weighted by molar-refractivity contribution is 5.74. The van der Waals surface area contributed by atoms with Crippen LogP contribution in [0.4, 0.5) is 4.79 Å². The Morgan fingerprint density at radius 3 is 2.76 bits per heavy atom. The van der Waals surface area contributed by atoms with Gasteiger partial charge >= 0.3 is 12.0 Å². The third kappa shape index (κ3) is 5.53. The van der Waals surface area contributed by atoms with E-state index in [4.69, 9.17) is 9.84 Å². The normalized spacial score (nSPS) is 20.1. The molecule has 1 heterocycles. The molecule has 21 heavy (non-hydrogen) atoms. The zero-order chi connectivity index (χ0) is 15.8. The van der Waals surface area contributed by atoms with Crippen LogP contribution in [0.3, 0.4) is 0 Å². The van der Waals surface area contributed by atoms with Crippen molar-refractivity contribution in [1.82, 2.24) is 9.80 Å². The average Bonchev–Trinajstić information content (AvgIpc) is 2.47. The minimum absolute atomic E-state index is 0.0433. The number of urea groups is 1. The molecular weight excluding hydrogens is 272 g/mol. The van der Waals surface area contributed by atoms with Gasteiger partial charge in [0.2, 0.25) is 0 Å². The standard InChI is InChI=1S/C15H28N2O4/c1-4-16(8-9-21-3)15(20)17-7-5-6-13(11-17)12(2)10-14(18)19/h12-13H,4-11H2,1-3H3,(H,18,19). The summed E-state index contributed by atoms with van der Waals surface area (Å²) in [5, 5.41) is 8.91. The lowest BCUT2D eigenvalue weighted by molar-refractivity contribution is -0.138. The Balaban J connectivity index is 2.57. The van der Waals surface area contributed by atoms with Crippen LogP contribution >= 0.6 is 0 Å². The second kappa shape index (κ2) is 8.87. The molecule has 6 nitrogen and oxygen atoms in total. The molecule has 1 aliphatic heterocycles. The number of likely N-dealkylation sites (tertiary alicyclic amines) is 1. The van der Waals surface area contributed by atoms with Gasteiger partial charge < -0.3 is 19.6 Å². The molecule has 0 aromatic rings. The van der Waals surface area contributed by atoms with Crippen LogP contribution in [0.25, 0.3) is 0 Å². The highest BCUT2D eigenvalue weighted by atomic mass is 16.5. The predicted octanol–water partition coefficient (Wildman–Crippen LogP) is 1.90. The molecule has 1 aliphatic rings. The Bertz CT molecular complexity index is 349. The van der Waals surface area contributed by atoms with Crippen LogP contribution in [0.1, 0.15) is 33.1 Å². The van der Waals surface area contributed by atoms with Gasteiger partial charge in [-0.05, 0) is 31.6 Å². The number of carboxylic acid groups (broad SMARTS) is 1. The number of carbonyl (C=O) groups is 2. The summed E-state index contributed by atoms with van der Waals surface area (Å²) in [7, 11) is 1.63.